The lowest BCUT2D eigenvalue weighted by molar-refractivity contribution is 1.21. The zero-order chi connectivity index (χ0) is 15.1. The molecule has 5 heteroatoms. The van der Waals surface area contributed by atoms with E-state index in [0.717, 1.165) is 22.1 Å². The molecule has 0 amide bonds. The summed E-state index contributed by atoms with van der Waals surface area (Å²) in [4.78, 5) is 8.99. The van der Waals surface area contributed by atoms with Crippen LogP contribution in [0.25, 0.3) is 22.3 Å². The zero-order valence-corrected chi connectivity index (χ0v) is 13.7. The van der Waals surface area contributed by atoms with Crippen LogP contribution in [0.2, 0.25) is 15.2 Å². The van der Waals surface area contributed by atoms with Gasteiger partial charge >= 0.3 is 0 Å². The molecule has 1 aromatic heterocycles. The largest absolute Gasteiger partial charge is 0.226 e. The first-order valence-electron chi connectivity index (χ1n) is 6.37. The van der Waals surface area contributed by atoms with Crippen LogP contribution in [0.4, 0.5) is 0 Å². The second-order valence-electron chi connectivity index (χ2n) is 4.84. The van der Waals surface area contributed by atoms with Crippen LogP contribution >= 0.6 is 34.8 Å². The van der Waals surface area contributed by atoms with E-state index in [1.165, 1.54) is 0 Å². The molecular weight excluding hydrogens is 327 g/mol. The maximum absolute atomic E-state index is 6.34. The summed E-state index contributed by atoms with van der Waals surface area (Å²) in [6.07, 6.45) is 0. The summed E-state index contributed by atoms with van der Waals surface area (Å²) in [5, 5.41) is 2.41. The first-order valence-corrected chi connectivity index (χ1v) is 7.50. The van der Waals surface area contributed by atoms with Crippen molar-refractivity contribution in [2.45, 2.75) is 13.8 Å². The molecular formula is C16H11Cl3N2. The maximum atomic E-state index is 6.34. The van der Waals surface area contributed by atoms with Crippen molar-refractivity contribution in [2.24, 2.45) is 0 Å². The topological polar surface area (TPSA) is 25.8 Å². The predicted molar refractivity (Wildman–Crippen MR) is 89.5 cm³/mol. The van der Waals surface area contributed by atoms with Crippen molar-refractivity contribution in [3.63, 3.8) is 0 Å². The Balaban J connectivity index is 2.36. The minimum absolute atomic E-state index is 0.398. The average Bonchev–Trinajstić information content (AvgIpc) is 2.45. The van der Waals surface area contributed by atoms with Gasteiger partial charge in [-0.1, -0.05) is 53.0 Å². The summed E-state index contributed by atoms with van der Waals surface area (Å²) >= 11 is 18.8. The molecule has 0 unspecified atom stereocenters. The van der Waals surface area contributed by atoms with Gasteiger partial charge in [0, 0.05) is 16.0 Å². The number of aromatic nitrogens is 2. The molecule has 2 aromatic carbocycles. The molecule has 0 saturated heterocycles. The fourth-order valence-electron chi connectivity index (χ4n) is 2.29. The van der Waals surface area contributed by atoms with Gasteiger partial charge in [-0.3, -0.25) is 0 Å². The number of rotatable bonds is 1. The van der Waals surface area contributed by atoms with Crippen molar-refractivity contribution < 1.29 is 0 Å². The maximum Gasteiger partial charge on any atom is 0.161 e. The van der Waals surface area contributed by atoms with Crippen LogP contribution in [-0.2, 0) is 0 Å². The summed E-state index contributed by atoms with van der Waals surface area (Å²) in [5.74, 6) is 0.528. The molecule has 0 bridgehead atoms. The highest BCUT2D eigenvalue weighted by Gasteiger charge is 2.14. The molecule has 106 valence electrons. The number of hydrogen-bond acceptors (Lipinski definition) is 2. The number of fused-ring (bicyclic) bond motifs is 1. The molecule has 0 fully saturated rings. The zero-order valence-electron chi connectivity index (χ0n) is 11.4. The third-order valence-corrected chi connectivity index (χ3v) is 4.46. The van der Waals surface area contributed by atoms with E-state index in [4.69, 9.17) is 34.8 Å². The van der Waals surface area contributed by atoms with E-state index in [2.05, 4.69) is 9.97 Å². The number of halogens is 3. The molecule has 0 aliphatic carbocycles. The Morgan fingerprint density at radius 1 is 0.857 bits per heavy atom. The van der Waals surface area contributed by atoms with Gasteiger partial charge in [0.2, 0.25) is 0 Å². The first-order chi connectivity index (χ1) is 9.99. The minimum Gasteiger partial charge on any atom is -0.226 e. The van der Waals surface area contributed by atoms with Crippen LogP contribution < -0.4 is 0 Å². The number of hydrogen-bond donors (Lipinski definition) is 0. The fourth-order valence-corrected chi connectivity index (χ4v) is 2.98. The molecule has 0 saturated carbocycles. The molecule has 3 rings (SSSR count). The van der Waals surface area contributed by atoms with Crippen molar-refractivity contribution in [1.29, 1.82) is 0 Å². The standard InChI is InChI=1S/C16H11Cl3N2/c1-8-6-7-12(18)14-13(8)15(19)21-16(20-14)10-4-3-5-11(17)9(10)2/h3-7H,1-2H3. The van der Waals surface area contributed by atoms with Crippen LogP contribution in [0.1, 0.15) is 11.1 Å². The quantitative estimate of drug-likeness (QED) is 0.519. The van der Waals surface area contributed by atoms with Gasteiger partial charge in [0.1, 0.15) is 5.15 Å². The number of aryl methyl sites for hydroxylation is 1. The van der Waals surface area contributed by atoms with Crippen molar-refractivity contribution >= 4 is 45.7 Å². The second-order valence-corrected chi connectivity index (χ2v) is 6.01. The monoisotopic (exact) mass is 336 g/mol. The second kappa shape index (κ2) is 5.45. The van der Waals surface area contributed by atoms with Crippen LogP contribution in [0.3, 0.4) is 0 Å². The van der Waals surface area contributed by atoms with Crippen LogP contribution in [-0.4, -0.2) is 9.97 Å². The van der Waals surface area contributed by atoms with Gasteiger partial charge in [0.25, 0.3) is 0 Å². The SMILES string of the molecule is Cc1c(Cl)cccc1-c1nc(Cl)c2c(C)ccc(Cl)c2n1. The van der Waals surface area contributed by atoms with Gasteiger partial charge < -0.3 is 0 Å². The summed E-state index contributed by atoms with van der Waals surface area (Å²) in [6, 6.07) is 9.34. The Morgan fingerprint density at radius 2 is 1.62 bits per heavy atom. The van der Waals surface area contributed by atoms with Crippen molar-refractivity contribution in [2.75, 3.05) is 0 Å². The summed E-state index contributed by atoms with van der Waals surface area (Å²) < 4.78 is 0. The van der Waals surface area contributed by atoms with Gasteiger partial charge in [0.05, 0.1) is 10.5 Å². The van der Waals surface area contributed by atoms with E-state index < -0.39 is 0 Å². The Hall–Kier alpha value is -1.35. The van der Waals surface area contributed by atoms with Gasteiger partial charge in [-0.2, -0.15) is 0 Å². The highest BCUT2D eigenvalue weighted by atomic mass is 35.5. The third kappa shape index (κ3) is 2.48. The molecule has 0 aliphatic heterocycles. The Morgan fingerprint density at radius 3 is 2.38 bits per heavy atom. The lowest BCUT2D eigenvalue weighted by atomic mass is 10.1. The highest BCUT2D eigenvalue weighted by Crippen LogP contribution is 2.33. The van der Waals surface area contributed by atoms with Crippen molar-refractivity contribution in [3.05, 3.63) is 56.7 Å². The van der Waals surface area contributed by atoms with Gasteiger partial charge in [-0.15, -0.1) is 0 Å². The van der Waals surface area contributed by atoms with Gasteiger partial charge in [-0.05, 0) is 37.1 Å². The average molecular weight is 338 g/mol. The van der Waals surface area contributed by atoms with Crippen LogP contribution in [0.15, 0.2) is 30.3 Å². The molecule has 2 nitrogen and oxygen atoms in total. The predicted octanol–water partition coefficient (Wildman–Crippen LogP) is 5.87. The molecule has 0 aliphatic rings. The Bertz CT molecular complexity index is 860. The van der Waals surface area contributed by atoms with E-state index in [0.29, 0.717) is 26.5 Å². The van der Waals surface area contributed by atoms with Crippen molar-refractivity contribution in [1.82, 2.24) is 9.97 Å². The summed E-state index contributed by atoms with van der Waals surface area (Å²) in [7, 11) is 0. The normalized spacial score (nSPS) is 11.1. The van der Waals surface area contributed by atoms with E-state index in [9.17, 15) is 0 Å². The lowest BCUT2D eigenvalue weighted by Gasteiger charge is -2.10. The number of benzene rings is 2. The van der Waals surface area contributed by atoms with E-state index in [1.807, 2.05) is 44.2 Å². The Kier molecular flexibility index (Phi) is 3.78. The highest BCUT2D eigenvalue weighted by molar-refractivity contribution is 6.39. The smallest absolute Gasteiger partial charge is 0.161 e. The van der Waals surface area contributed by atoms with E-state index in [-0.39, 0.29) is 0 Å². The molecule has 1 heterocycles. The number of nitrogens with zero attached hydrogens (tertiary/aromatic N) is 2. The minimum atomic E-state index is 0.398. The van der Waals surface area contributed by atoms with Crippen LogP contribution in [0, 0.1) is 13.8 Å². The molecule has 0 atom stereocenters. The van der Waals surface area contributed by atoms with Gasteiger partial charge in [0.15, 0.2) is 5.82 Å². The van der Waals surface area contributed by atoms with Gasteiger partial charge in [-0.25, -0.2) is 9.97 Å². The molecule has 21 heavy (non-hydrogen) atoms. The fraction of sp³-hybridized carbons (Fsp3) is 0.125. The summed E-state index contributed by atoms with van der Waals surface area (Å²) in [6.45, 7) is 3.88. The molecule has 0 N–H and O–H groups in total. The molecule has 3 aromatic rings. The third-order valence-electron chi connectivity index (χ3n) is 3.47. The molecule has 0 radical (unpaired) electrons. The molecule has 0 spiro atoms. The van der Waals surface area contributed by atoms with Crippen molar-refractivity contribution in [3.8, 4) is 11.4 Å². The summed E-state index contributed by atoms with van der Waals surface area (Å²) in [5.41, 5.74) is 3.42. The van der Waals surface area contributed by atoms with E-state index in [1.54, 1.807) is 0 Å². The Labute approximate surface area is 137 Å². The lowest BCUT2D eigenvalue weighted by Crippen LogP contribution is -1.96. The van der Waals surface area contributed by atoms with Crippen LogP contribution in [0.5, 0.6) is 0 Å². The van der Waals surface area contributed by atoms with E-state index >= 15 is 0 Å². The first kappa shape index (κ1) is 14.6.